The van der Waals surface area contributed by atoms with Gasteiger partial charge in [0, 0.05) is 38.3 Å². The third-order valence-corrected chi connectivity index (χ3v) is 5.31. The van der Waals surface area contributed by atoms with Crippen molar-refractivity contribution in [3.05, 3.63) is 34.6 Å². The summed E-state index contributed by atoms with van der Waals surface area (Å²) in [5, 5.41) is 16.1. The number of morpholine rings is 1. The maximum atomic E-state index is 13.0. The molecule has 0 aliphatic carbocycles. The van der Waals surface area contributed by atoms with Crippen molar-refractivity contribution in [2.75, 3.05) is 45.9 Å². The summed E-state index contributed by atoms with van der Waals surface area (Å²) in [6, 6.07) is 10.1. The van der Waals surface area contributed by atoms with Gasteiger partial charge in [0.25, 0.3) is 0 Å². The van der Waals surface area contributed by atoms with E-state index in [1.54, 1.807) is 9.47 Å². The number of hydrogen-bond acceptors (Lipinski definition) is 6. The largest absolute Gasteiger partial charge is 0.379 e. The fourth-order valence-electron chi connectivity index (χ4n) is 3.26. The molecule has 1 N–H and O–H groups in total. The van der Waals surface area contributed by atoms with E-state index in [4.69, 9.17) is 22.2 Å². The van der Waals surface area contributed by atoms with Crippen molar-refractivity contribution in [3.63, 3.8) is 0 Å². The van der Waals surface area contributed by atoms with Gasteiger partial charge in [0.1, 0.15) is 6.54 Å². The lowest BCUT2D eigenvalue weighted by atomic mass is 10.1. The van der Waals surface area contributed by atoms with Gasteiger partial charge in [0.15, 0.2) is 10.6 Å². The average Bonchev–Trinajstić information content (AvgIpc) is 3.09. The van der Waals surface area contributed by atoms with E-state index in [0.717, 1.165) is 44.0 Å². The highest BCUT2D eigenvalue weighted by Gasteiger charge is 2.19. The molecule has 1 aromatic carbocycles. The van der Waals surface area contributed by atoms with Crippen LogP contribution in [0.15, 0.2) is 24.3 Å². The smallest absolute Gasteiger partial charge is 0.242 e. The molecule has 1 amide bonds. The first-order chi connectivity index (χ1) is 14.1. The number of hydrogen-bond donors (Lipinski definition) is 1. The number of carbonyl (C=O) groups excluding carboxylic acids is 1. The number of carbonyl (C=O) groups is 1. The fraction of sp³-hybridized carbons (Fsp3) is 0.500. The second-order valence-corrected chi connectivity index (χ2v) is 7.43. The van der Waals surface area contributed by atoms with E-state index in [1.807, 2.05) is 31.2 Å². The molecule has 0 bridgehead atoms. The predicted octanol–water partition coefficient (Wildman–Crippen LogP) is 1.99. The summed E-state index contributed by atoms with van der Waals surface area (Å²) in [6.45, 7) is 7.03. The van der Waals surface area contributed by atoms with E-state index in [2.05, 4.69) is 21.2 Å². The molecule has 1 aliphatic heterocycles. The molecule has 8 nitrogen and oxygen atoms in total. The van der Waals surface area contributed by atoms with Crippen molar-refractivity contribution in [2.45, 2.75) is 19.9 Å². The highest BCUT2D eigenvalue weighted by Crippen LogP contribution is 2.18. The summed E-state index contributed by atoms with van der Waals surface area (Å²) in [6.07, 6.45) is 0.302. The Morgan fingerprint density at radius 2 is 2.03 bits per heavy atom. The van der Waals surface area contributed by atoms with Crippen molar-refractivity contribution in [3.8, 4) is 17.5 Å². The van der Waals surface area contributed by atoms with Crippen molar-refractivity contribution < 1.29 is 9.53 Å². The van der Waals surface area contributed by atoms with E-state index in [0.29, 0.717) is 30.1 Å². The van der Waals surface area contributed by atoms with Crippen LogP contribution in [0.2, 0.25) is 0 Å². The molecule has 154 valence electrons. The third kappa shape index (κ3) is 5.73. The maximum absolute atomic E-state index is 13.0. The topological polar surface area (TPSA) is 90.2 Å². The Kier molecular flexibility index (Phi) is 7.52. The van der Waals surface area contributed by atoms with Gasteiger partial charge in [0.05, 0.1) is 25.7 Å². The molecule has 29 heavy (non-hydrogen) atoms. The highest BCUT2D eigenvalue weighted by molar-refractivity contribution is 7.71. The van der Waals surface area contributed by atoms with E-state index < -0.39 is 0 Å². The number of aryl methyl sites for hydroxylation is 1. The minimum absolute atomic E-state index is 0.0700. The number of ether oxygens (including phenoxy) is 1. The summed E-state index contributed by atoms with van der Waals surface area (Å²) in [4.78, 5) is 17.1. The van der Waals surface area contributed by atoms with Crippen LogP contribution in [-0.4, -0.2) is 76.4 Å². The minimum atomic E-state index is -0.0700. The van der Waals surface area contributed by atoms with Crippen LogP contribution in [0, 0.1) is 23.0 Å². The lowest BCUT2D eigenvalue weighted by Crippen LogP contribution is -2.44. The number of aromatic amines is 1. The number of amides is 1. The van der Waals surface area contributed by atoms with Gasteiger partial charge in [0.2, 0.25) is 5.91 Å². The first kappa shape index (κ1) is 21.2. The van der Waals surface area contributed by atoms with Crippen LogP contribution in [-0.2, 0) is 16.1 Å². The Balaban J connectivity index is 1.71. The normalized spacial score (nSPS) is 14.5. The molecule has 0 saturated carbocycles. The maximum Gasteiger partial charge on any atom is 0.242 e. The van der Waals surface area contributed by atoms with Crippen molar-refractivity contribution in [2.24, 2.45) is 0 Å². The predicted molar refractivity (Wildman–Crippen MR) is 112 cm³/mol. The summed E-state index contributed by atoms with van der Waals surface area (Å²) < 4.78 is 7.50. The van der Waals surface area contributed by atoms with Gasteiger partial charge in [-0.1, -0.05) is 29.8 Å². The molecule has 0 radical (unpaired) electrons. The molecule has 9 heteroatoms. The number of benzene rings is 1. The first-order valence-corrected chi connectivity index (χ1v) is 10.2. The molecule has 1 fully saturated rings. The van der Waals surface area contributed by atoms with Crippen molar-refractivity contribution in [1.82, 2.24) is 24.6 Å². The molecule has 0 atom stereocenters. The fourth-order valence-corrected chi connectivity index (χ4v) is 3.45. The lowest BCUT2D eigenvalue weighted by Gasteiger charge is -2.30. The molecular formula is C20H26N6O2S. The van der Waals surface area contributed by atoms with E-state index >= 15 is 0 Å². The molecule has 3 rings (SSSR count). The number of nitrogens with zero attached hydrogens (tertiary/aromatic N) is 5. The number of H-pyrrole nitrogens is 1. The van der Waals surface area contributed by atoms with Crippen molar-refractivity contribution >= 4 is 18.1 Å². The van der Waals surface area contributed by atoms with Crippen LogP contribution >= 0.6 is 12.2 Å². The average molecular weight is 415 g/mol. The SMILES string of the molecule is Cc1ccc(-c2n[nH]c(=S)n2CC(=O)N(CCC#N)CCN2CCOCC2)cc1. The molecule has 2 aromatic rings. The van der Waals surface area contributed by atoms with Crippen LogP contribution in [0.25, 0.3) is 11.4 Å². The van der Waals surface area contributed by atoms with Gasteiger partial charge < -0.3 is 9.64 Å². The molecule has 0 unspecified atom stereocenters. The van der Waals surface area contributed by atoms with Gasteiger partial charge in [-0.3, -0.25) is 19.4 Å². The quantitative estimate of drug-likeness (QED) is 0.665. The molecule has 1 aromatic heterocycles. The molecule has 0 spiro atoms. The van der Waals surface area contributed by atoms with Crippen LogP contribution in [0.3, 0.4) is 0 Å². The number of nitrogens with one attached hydrogen (secondary N) is 1. The summed E-state index contributed by atoms with van der Waals surface area (Å²) >= 11 is 5.36. The second-order valence-electron chi connectivity index (χ2n) is 7.05. The van der Waals surface area contributed by atoms with E-state index in [9.17, 15) is 4.79 Å². The molecule has 1 saturated heterocycles. The molecule has 1 aliphatic rings. The Morgan fingerprint density at radius 1 is 1.31 bits per heavy atom. The van der Waals surface area contributed by atoms with E-state index in [-0.39, 0.29) is 12.5 Å². The van der Waals surface area contributed by atoms with Crippen LogP contribution in [0.5, 0.6) is 0 Å². The van der Waals surface area contributed by atoms with Gasteiger partial charge in [-0.25, -0.2) is 0 Å². The van der Waals surface area contributed by atoms with Crippen LogP contribution < -0.4 is 0 Å². The standard InChI is InChI=1S/C20H26N6O2S/c1-16-3-5-17(6-4-16)19-22-23-20(29)26(19)15-18(27)25(8-2-7-21)10-9-24-11-13-28-14-12-24/h3-6H,2,8-15H2,1H3,(H,23,29). The molecule has 2 heterocycles. The van der Waals surface area contributed by atoms with E-state index in [1.165, 1.54) is 0 Å². The number of aromatic nitrogens is 3. The third-order valence-electron chi connectivity index (χ3n) is 5.00. The summed E-state index contributed by atoms with van der Waals surface area (Å²) in [7, 11) is 0. The van der Waals surface area contributed by atoms with Crippen molar-refractivity contribution in [1.29, 1.82) is 5.26 Å². The Bertz CT molecular complexity index is 908. The first-order valence-electron chi connectivity index (χ1n) is 9.75. The summed E-state index contributed by atoms with van der Waals surface area (Å²) in [5.74, 6) is 0.566. The van der Waals surface area contributed by atoms with Gasteiger partial charge in [-0.05, 0) is 19.1 Å². The zero-order chi connectivity index (χ0) is 20.6. The zero-order valence-electron chi connectivity index (χ0n) is 16.6. The van der Waals surface area contributed by atoms with Gasteiger partial charge >= 0.3 is 0 Å². The lowest BCUT2D eigenvalue weighted by molar-refractivity contribution is -0.132. The zero-order valence-corrected chi connectivity index (χ0v) is 17.5. The van der Waals surface area contributed by atoms with Gasteiger partial charge in [-0.2, -0.15) is 10.4 Å². The molecular weight excluding hydrogens is 388 g/mol. The monoisotopic (exact) mass is 414 g/mol. The number of rotatable bonds is 8. The Hall–Kier alpha value is -2.54. The number of nitriles is 1. The van der Waals surface area contributed by atoms with Crippen LogP contribution in [0.4, 0.5) is 0 Å². The minimum Gasteiger partial charge on any atom is -0.379 e. The second kappa shape index (κ2) is 10.3. The van der Waals surface area contributed by atoms with Crippen LogP contribution in [0.1, 0.15) is 12.0 Å². The Labute approximate surface area is 175 Å². The Morgan fingerprint density at radius 3 is 2.72 bits per heavy atom. The highest BCUT2D eigenvalue weighted by atomic mass is 32.1. The van der Waals surface area contributed by atoms with Gasteiger partial charge in [-0.15, -0.1) is 0 Å². The summed E-state index contributed by atoms with van der Waals surface area (Å²) in [5.41, 5.74) is 2.05.